The number of hydrogen-bond acceptors (Lipinski definition) is 0. The second-order valence-corrected chi connectivity index (χ2v) is 14.5. The summed E-state index contributed by atoms with van der Waals surface area (Å²) in [5, 5.41) is 0. The summed E-state index contributed by atoms with van der Waals surface area (Å²) >= 11 is 0. The van der Waals surface area contributed by atoms with Crippen molar-refractivity contribution in [2.45, 2.75) is 240 Å². The van der Waals surface area contributed by atoms with Gasteiger partial charge in [0.15, 0.2) is 0 Å². The Morgan fingerprint density at radius 2 is 0.400 bits per heavy atom. The lowest BCUT2D eigenvalue weighted by atomic mass is 9.92. The molecule has 0 amide bonds. The minimum absolute atomic E-state index is 0.951. The fourth-order valence-corrected chi connectivity index (χ4v) is 6.72. The van der Waals surface area contributed by atoms with Crippen molar-refractivity contribution in [3.8, 4) is 0 Å². The summed E-state index contributed by atoms with van der Waals surface area (Å²) < 4.78 is 0. The van der Waals surface area contributed by atoms with Crippen LogP contribution in [0, 0.1) is 17.8 Å². The highest BCUT2D eigenvalue weighted by Crippen LogP contribution is 2.22. The van der Waals surface area contributed by atoms with Gasteiger partial charge in [0, 0.05) is 0 Å². The van der Waals surface area contributed by atoms with Crippen molar-refractivity contribution in [3.05, 3.63) is 0 Å². The van der Waals surface area contributed by atoms with Crippen molar-refractivity contribution < 1.29 is 0 Å². The van der Waals surface area contributed by atoms with Crippen LogP contribution in [0.5, 0.6) is 0 Å². The van der Waals surface area contributed by atoms with E-state index in [4.69, 9.17) is 0 Å². The third kappa shape index (κ3) is 32.5. The first kappa shape index (κ1) is 40.0. The fraction of sp³-hybridized carbons (Fsp3) is 1.00. The minimum atomic E-state index is 0.951. The molecule has 3 unspecified atom stereocenters. The van der Waals surface area contributed by atoms with Gasteiger partial charge in [-0.1, -0.05) is 240 Å². The normalized spacial score (nSPS) is 14.0. The first-order chi connectivity index (χ1) is 19.6. The summed E-state index contributed by atoms with van der Waals surface area (Å²) in [6.45, 7) is 12.1. The van der Waals surface area contributed by atoms with Crippen LogP contribution in [0.4, 0.5) is 0 Å². The maximum atomic E-state index is 2.51. The van der Waals surface area contributed by atoms with E-state index in [1.807, 2.05) is 0 Å². The fourth-order valence-electron chi connectivity index (χ4n) is 6.72. The molecule has 0 bridgehead atoms. The van der Waals surface area contributed by atoms with Crippen LogP contribution in [0.25, 0.3) is 0 Å². The predicted molar refractivity (Wildman–Crippen MR) is 187 cm³/mol. The van der Waals surface area contributed by atoms with Gasteiger partial charge in [-0.05, 0) is 17.8 Å². The Kier molecular flexibility index (Phi) is 33.5. The molecule has 0 heterocycles. The van der Waals surface area contributed by atoms with Gasteiger partial charge in [-0.15, -0.1) is 0 Å². The summed E-state index contributed by atoms with van der Waals surface area (Å²) in [5.41, 5.74) is 0. The molecule has 0 aromatic heterocycles. The molecule has 0 spiro atoms. The lowest BCUT2D eigenvalue weighted by Crippen LogP contribution is -1.99. The van der Waals surface area contributed by atoms with Gasteiger partial charge in [-0.3, -0.25) is 0 Å². The quantitative estimate of drug-likeness (QED) is 0.0684. The van der Waals surface area contributed by atoms with E-state index < -0.39 is 0 Å². The monoisotopic (exact) mass is 563 g/mol. The molecule has 0 aromatic carbocycles. The Balaban J connectivity index is 3.29. The lowest BCUT2D eigenvalue weighted by Gasteiger charge is -2.14. The molecular formula is C40H82. The summed E-state index contributed by atoms with van der Waals surface area (Å²) in [7, 11) is 0. The topological polar surface area (TPSA) is 0 Å². The summed E-state index contributed by atoms with van der Waals surface area (Å²) in [6.07, 6.45) is 47.0. The largest absolute Gasteiger partial charge is 0.0654 e. The van der Waals surface area contributed by atoms with Crippen LogP contribution >= 0.6 is 0 Å². The number of hydrogen-bond donors (Lipinski definition) is 0. The third-order valence-corrected chi connectivity index (χ3v) is 9.89. The van der Waals surface area contributed by atoms with Gasteiger partial charge < -0.3 is 0 Å². The highest BCUT2D eigenvalue weighted by atomic mass is 14.1. The Bertz CT molecular complexity index is 439. The number of unbranched alkanes of at least 4 members (excludes halogenated alkanes) is 22. The highest BCUT2D eigenvalue weighted by molar-refractivity contribution is 4.60. The van der Waals surface area contributed by atoms with Gasteiger partial charge in [-0.2, -0.15) is 0 Å². The number of rotatable bonds is 34. The van der Waals surface area contributed by atoms with Crippen LogP contribution in [0.2, 0.25) is 0 Å². The Morgan fingerprint density at radius 1 is 0.225 bits per heavy atom. The summed E-state index contributed by atoms with van der Waals surface area (Å²) in [5.74, 6) is 2.86. The average molecular weight is 563 g/mol. The van der Waals surface area contributed by atoms with Crippen LogP contribution in [-0.4, -0.2) is 0 Å². The van der Waals surface area contributed by atoms with Gasteiger partial charge in [0.05, 0.1) is 0 Å². The molecule has 0 N–H and O–H groups in total. The maximum absolute atomic E-state index is 2.51. The molecule has 0 saturated heterocycles. The van der Waals surface area contributed by atoms with Gasteiger partial charge >= 0.3 is 0 Å². The van der Waals surface area contributed by atoms with Crippen molar-refractivity contribution in [2.24, 2.45) is 17.8 Å². The average Bonchev–Trinajstić information content (AvgIpc) is 2.94. The van der Waals surface area contributed by atoms with Crippen LogP contribution in [0.1, 0.15) is 240 Å². The zero-order valence-corrected chi connectivity index (χ0v) is 29.4. The summed E-state index contributed by atoms with van der Waals surface area (Å²) in [6, 6.07) is 0. The van der Waals surface area contributed by atoms with E-state index in [9.17, 15) is 0 Å². The molecule has 0 aromatic rings. The molecule has 0 heteroatoms. The second kappa shape index (κ2) is 33.5. The van der Waals surface area contributed by atoms with Crippen molar-refractivity contribution in [3.63, 3.8) is 0 Å². The van der Waals surface area contributed by atoms with Crippen molar-refractivity contribution in [2.75, 3.05) is 0 Å². The zero-order chi connectivity index (χ0) is 29.4. The zero-order valence-electron chi connectivity index (χ0n) is 29.4. The van der Waals surface area contributed by atoms with Crippen LogP contribution in [-0.2, 0) is 0 Å². The molecule has 0 rings (SSSR count). The Hall–Kier alpha value is 0. The van der Waals surface area contributed by atoms with E-state index in [2.05, 4.69) is 34.6 Å². The van der Waals surface area contributed by atoms with E-state index in [1.54, 1.807) is 0 Å². The molecule has 40 heavy (non-hydrogen) atoms. The SMILES string of the molecule is CCCCCCCCCCCCCCCCCCC(C)CCCCCCCC(C)CCCC(C)CCCCCC. The molecule has 0 aliphatic carbocycles. The first-order valence-electron chi connectivity index (χ1n) is 19.6. The Morgan fingerprint density at radius 3 is 0.650 bits per heavy atom. The molecule has 0 aliphatic heterocycles. The van der Waals surface area contributed by atoms with Crippen molar-refractivity contribution in [1.82, 2.24) is 0 Å². The van der Waals surface area contributed by atoms with Gasteiger partial charge in [0.1, 0.15) is 0 Å². The molecule has 3 atom stereocenters. The molecule has 0 fully saturated rings. The van der Waals surface area contributed by atoms with E-state index >= 15 is 0 Å². The molecule has 0 nitrogen and oxygen atoms in total. The van der Waals surface area contributed by atoms with Crippen LogP contribution in [0.15, 0.2) is 0 Å². The standard InChI is InChI=1S/C40H82/c1-6-8-10-12-13-14-15-16-17-18-19-20-21-22-24-28-33-38(3)34-29-25-23-26-30-35-40(5)37-31-36-39(4)32-27-11-9-7-2/h38-40H,6-37H2,1-5H3. The van der Waals surface area contributed by atoms with E-state index in [1.165, 1.54) is 205 Å². The van der Waals surface area contributed by atoms with E-state index in [0.717, 1.165) is 17.8 Å². The van der Waals surface area contributed by atoms with Crippen LogP contribution < -0.4 is 0 Å². The maximum Gasteiger partial charge on any atom is -0.0443 e. The second-order valence-electron chi connectivity index (χ2n) is 14.5. The molecule has 242 valence electrons. The molecule has 0 saturated carbocycles. The van der Waals surface area contributed by atoms with Crippen molar-refractivity contribution in [1.29, 1.82) is 0 Å². The Labute approximate surface area is 257 Å². The predicted octanol–water partition coefficient (Wildman–Crippen LogP) is 15.4. The summed E-state index contributed by atoms with van der Waals surface area (Å²) in [4.78, 5) is 0. The van der Waals surface area contributed by atoms with E-state index in [0.29, 0.717) is 0 Å². The third-order valence-electron chi connectivity index (χ3n) is 9.89. The van der Waals surface area contributed by atoms with E-state index in [-0.39, 0.29) is 0 Å². The van der Waals surface area contributed by atoms with Gasteiger partial charge in [-0.25, -0.2) is 0 Å². The molecule has 0 radical (unpaired) electrons. The van der Waals surface area contributed by atoms with Gasteiger partial charge in [0.2, 0.25) is 0 Å². The van der Waals surface area contributed by atoms with Gasteiger partial charge in [0.25, 0.3) is 0 Å². The molecule has 0 aliphatic rings. The highest BCUT2D eigenvalue weighted by Gasteiger charge is 2.06. The van der Waals surface area contributed by atoms with Crippen molar-refractivity contribution >= 4 is 0 Å². The minimum Gasteiger partial charge on any atom is -0.0654 e. The first-order valence-corrected chi connectivity index (χ1v) is 19.6. The van der Waals surface area contributed by atoms with Crippen LogP contribution in [0.3, 0.4) is 0 Å². The molecular weight excluding hydrogens is 480 g/mol. The lowest BCUT2D eigenvalue weighted by molar-refractivity contribution is 0.389. The smallest absolute Gasteiger partial charge is 0.0443 e.